The van der Waals surface area contributed by atoms with Gasteiger partial charge in [-0.2, -0.15) is 0 Å². The number of sulfone groups is 1. The summed E-state index contributed by atoms with van der Waals surface area (Å²) in [6.45, 7) is 2.35. The summed E-state index contributed by atoms with van der Waals surface area (Å²) in [7, 11) is -2.89. The normalized spacial score (nSPS) is 26.2. The lowest BCUT2D eigenvalue weighted by Gasteiger charge is -2.21. The van der Waals surface area contributed by atoms with Crippen molar-refractivity contribution in [1.82, 2.24) is 5.32 Å². The fourth-order valence-corrected chi connectivity index (χ4v) is 2.99. The highest BCUT2D eigenvalue weighted by Crippen LogP contribution is 2.20. The fraction of sp³-hybridized carbons (Fsp3) is 0.556. The maximum Gasteiger partial charge on any atom is 0.153 e. The van der Waals surface area contributed by atoms with Crippen molar-refractivity contribution in [2.75, 3.05) is 18.1 Å². The van der Waals surface area contributed by atoms with E-state index in [4.69, 9.17) is 4.42 Å². The van der Waals surface area contributed by atoms with Crippen molar-refractivity contribution >= 4 is 9.84 Å². The van der Waals surface area contributed by atoms with Crippen molar-refractivity contribution in [3.8, 4) is 0 Å². The Labute approximate surface area is 83.2 Å². The van der Waals surface area contributed by atoms with E-state index in [1.165, 1.54) is 0 Å². The van der Waals surface area contributed by atoms with Crippen LogP contribution in [0.15, 0.2) is 16.5 Å². The van der Waals surface area contributed by atoms with Crippen molar-refractivity contribution in [1.29, 1.82) is 0 Å². The maximum atomic E-state index is 11.4. The zero-order valence-corrected chi connectivity index (χ0v) is 8.80. The zero-order chi connectivity index (χ0) is 10.2. The largest absolute Gasteiger partial charge is 0.465 e. The van der Waals surface area contributed by atoms with Crippen LogP contribution in [0.2, 0.25) is 0 Å². The van der Waals surface area contributed by atoms with Crippen LogP contribution in [0.4, 0.5) is 0 Å². The quantitative estimate of drug-likeness (QED) is 0.747. The van der Waals surface area contributed by atoms with Gasteiger partial charge in [-0.05, 0) is 19.1 Å². The van der Waals surface area contributed by atoms with Crippen molar-refractivity contribution in [2.45, 2.75) is 13.0 Å². The van der Waals surface area contributed by atoms with Gasteiger partial charge in [-0.1, -0.05) is 0 Å². The Bertz CT molecular complexity index is 421. The topological polar surface area (TPSA) is 59.3 Å². The molecular weight excluding hydrogens is 202 g/mol. The van der Waals surface area contributed by atoms with E-state index in [1.807, 2.05) is 19.1 Å². The third kappa shape index (κ3) is 1.99. The van der Waals surface area contributed by atoms with Crippen LogP contribution in [0.25, 0.3) is 0 Å². The van der Waals surface area contributed by atoms with E-state index in [1.54, 1.807) is 0 Å². The maximum absolute atomic E-state index is 11.4. The Kier molecular flexibility index (Phi) is 2.36. The summed E-state index contributed by atoms with van der Waals surface area (Å²) in [5, 5.41) is 3.13. The van der Waals surface area contributed by atoms with Crippen LogP contribution in [-0.4, -0.2) is 26.5 Å². The third-order valence-corrected chi connectivity index (χ3v) is 4.00. The highest BCUT2D eigenvalue weighted by molar-refractivity contribution is 7.91. The molecule has 5 heteroatoms. The molecule has 1 N–H and O–H groups in total. The summed E-state index contributed by atoms with van der Waals surface area (Å²) >= 11 is 0. The molecule has 1 aliphatic heterocycles. The van der Waals surface area contributed by atoms with Gasteiger partial charge in [-0.3, -0.25) is 0 Å². The molecule has 1 fully saturated rings. The van der Waals surface area contributed by atoms with E-state index in [0.717, 1.165) is 5.76 Å². The van der Waals surface area contributed by atoms with Crippen LogP contribution in [0.5, 0.6) is 0 Å². The van der Waals surface area contributed by atoms with Crippen LogP contribution < -0.4 is 5.32 Å². The number of aryl methyl sites for hydroxylation is 1. The predicted octanol–water partition coefficient (Wildman–Crippen LogP) is 0.647. The Hall–Kier alpha value is -0.810. The van der Waals surface area contributed by atoms with Crippen molar-refractivity contribution in [2.24, 2.45) is 0 Å². The predicted molar refractivity (Wildman–Crippen MR) is 52.8 cm³/mol. The van der Waals surface area contributed by atoms with Gasteiger partial charge in [0.2, 0.25) is 0 Å². The van der Waals surface area contributed by atoms with Gasteiger partial charge in [-0.15, -0.1) is 0 Å². The van der Waals surface area contributed by atoms with Gasteiger partial charge in [-0.25, -0.2) is 8.42 Å². The van der Waals surface area contributed by atoms with Gasteiger partial charge >= 0.3 is 0 Å². The van der Waals surface area contributed by atoms with Gasteiger partial charge in [0.15, 0.2) is 9.84 Å². The lowest BCUT2D eigenvalue weighted by Crippen LogP contribution is -2.38. The first-order chi connectivity index (χ1) is 6.57. The van der Waals surface area contributed by atoms with Crippen LogP contribution in [0.1, 0.15) is 17.6 Å². The zero-order valence-electron chi connectivity index (χ0n) is 7.99. The van der Waals surface area contributed by atoms with E-state index in [0.29, 0.717) is 12.3 Å². The van der Waals surface area contributed by atoms with Crippen molar-refractivity contribution < 1.29 is 12.8 Å². The fourth-order valence-electron chi connectivity index (χ4n) is 1.61. The number of rotatable bonds is 1. The molecule has 1 aromatic heterocycles. The molecular formula is C9H13NO3S. The summed E-state index contributed by atoms with van der Waals surface area (Å²) in [5.74, 6) is 1.89. The molecule has 1 aromatic rings. The molecule has 1 saturated heterocycles. The SMILES string of the molecule is Cc1ccc(C2CS(=O)(=O)CCN2)o1. The molecule has 0 spiro atoms. The third-order valence-electron chi connectivity index (χ3n) is 2.33. The first-order valence-corrected chi connectivity index (χ1v) is 6.39. The summed E-state index contributed by atoms with van der Waals surface area (Å²) in [5.41, 5.74) is 0. The highest BCUT2D eigenvalue weighted by Gasteiger charge is 2.27. The molecule has 1 unspecified atom stereocenters. The molecule has 2 heterocycles. The molecule has 0 aromatic carbocycles. The molecule has 4 nitrogen and oxygen atoms in total. The van der Waals surface area contributed by atoms with Gasteiger partial charge in [0.25, 0.3) is 0 Å². The lowest BCUT2D eigenvalue weighted by atomic mass is 10.2. The molecule has 1 aliphatic rings. The highest BCUT2D eigenvalue weighted by atomic mass is 32.2. The standard InChI is InChI=1S/C9H13NO3S/c1-7-2-3-9(13-7)8-6-14(11,12)5-4-10-8/h2-3,8,10H,4-6H2,1H3. The van der Waals surface area contributed by atoms with Crippen LogP contribution in [0, 0.1) is 6.92 Å². The summed E-state index contributed by atoms with van der Waals surface area (Å²) in [6.07, 6.45) is 0. The number of hydrogen-bond acceptors (Lipinski definition) is 4. The van der Waals surface area contributed by atoms with E-state index in [9.17, 15) is 8.42 Å². The molecule has 1 atom stereocenters. The monoisotopic (exact) mass is 215 g/mol. The van der Waals surface area contributed by atoms with Gasteiger partial charge in [0.1, 0.15) is 11.5 Å². The van der Waals surface area contributed by atoms with Crippen molar-refractivity contribution in [3.63, 3.8) is 0 Å². The Morgan fingerprint density at radius 1 is 1.50 bits per heavy atom. The first-order valence-electron chi connectivity index (χ1n) is 4.57. The molecule has 0 amide bonds. The minimum atomic E-state index is -2.89. The van der Waals surface area contributed by atoms with E-state index in [2.05, 4.69) is 5.32 Å². The van der Waals surface area contributed by atoms with Gasteiger partial charge < -0.3 is 9.73 Å². The second-order valence-corrected chi connectivity index (χ2v) is 5.80. The summed E-state index contributed by atoms with van der Waals surface area (Å²) < 4.78 is 28.1. The summed E-state index contributed by atoms with van der Waals surface area (Å²) in [4.78, 5) is 0. The number of hydrogen-bond donors (Lipinski definition) is 1. The smallest absolute Gasteiger partial charge is 0.153 e. The molecule has 0 aliphatic carbocycles. The Morgan fingerprint density at radius 2 is 2.29 bits per heavy atom. The minimum Gasteiger partial charge on any atom is -0.465 e. The van der Waals surface area contributed by atoms with Crippen LogP contribution >= 0.6 is 0 Å². The molecule has 14 heavy (non-hydrogen) atoms. The minimum absolute atomic E-state index is 0.139. The molecule has 0 radical (unpaired) electrons. The summed E-state index contributed by atoms with van der Waals surface area (Å²) in [6, 6.07) is 3.49. The average molecular weight is 215 g/mol. The number of furan rings is 1. The second-order valence-electron chi connectivity index (χ2n) is 3.57. The van der Waals surface area contributed by atoms with Gasteiger partial charge in [0, 0.05) is 6.54 Å². The lowest BCUT2D eigenvalue weighted by molar-refractivity contribution is 0.413. The van der Waals surface area contributed by atoms with Gasteiger partial charge in [0.05, 0.1) is 17.5 Å². The van der Waals surface area contributed by atoms with Crippen LogP contribution in [0.3, 0.4) is 0 Å². The average Bonchev–Trinajstić information content (AvgIpc) is 2.50. The second kappa shape index (κ2) is 3.40. The molecule has 2 rings (SSSR count). The van der Waals surface area contributed by atoms with Crippen LogP contribution in [-0.2, 0) is 9.84 Å². The Morgan fingerprint density at radius 3 is 2.86 bits per heavy atom. The molecule has 0 saturated carbocycles. The first kappa shape index (κ1) is 9.73. The molecule has 78 valence electrons. The van der Waals surface area contributed by atoms with E-state index >= 15 is 0 Å². The number of nitrogens with one attached hydrogen (secondary N) is 1. The van der Waals surface area contributed by atoms with Crippen molar-refractivity contribution in [3.05, 3.63) is 23.7 Å². The Balaban J connectivity index is 2.20. The van der Waals surface area contributed by atoms with E-state index < -0.39 is 9.84 Å². The van der Waals surface area contributed by atoms with E-state index in [-0.39, 0.29) is 17.5 Å². The molecule has 0 bridgehead atoms.